The van der Waals surface area contributed by atoms with Crippen LogP contribution in [0.25, 0.3) is 50.8 Å². The smallest absolute Gasteiger partial charge is 1.00 e. The van der Waals surface area contributed by atoms with E-state index >= 15 is 0 Å². The summed E-state index contributed by atoms with van der Waals surface area (Å²) < 4.78 is 24.0. The number of nitrogens with one attached hydrogen (secondary N) is 1. The van der Waals surface area contributed by atoms with Crippen molar-refractivity contribution in [3.63, 3.8) is 0 Å². The Balaban J connectivity index is -0.000000544. The number of aromatic nitrogens is 6. The average molecular weight is 1330 g/mol. The van der Waals surface area contributed by atoms with Crippen LogP contribution in [-0.4, -0.2) is 84.5 Å². The van der Waals surface area contributed by atoms with Gasteiger partial charge in [-0.1, -0.05) is 121 Å². The van der Waals surface area contributed by atoms with Gasteiger partial charge >= 0.3 is 82.2 Å². The zero-order chi connectivity index (χ0) is 61.2. The molecule has 0 saturated carbocycles. The SMILES string of the molecule is C.C.C.C.COC(=O)c1ccc(-n2nc(-c3ccccc3)c(C#N)c2C)cc1.COC(=O)c1ccc(-n2nc(-c3ccccc3)c(C=O)c2C)cc1.Cc1c(C#N)c(-c2ccccc2)nn1-c1ccc(C(=O)O)cc1.O=CO[O-].O=P(Cl)(Cl)Cl.ONCl.[H-].[Na+].[Na+]. The Morgan fingerprint density at radius 3 is 1.07 bits per heavy atom. The molecule has 0 atom stereocenters. The molecule has 3 N–H and O–H groups in total. The quantitative estimate of drug-likeness (QED) is 0.0208. The molecule has 9 aromatic rings. The minimum absolute atomic E-state index is 0. The second-order valence-corrected chi connectivity index (χ2v) is 23.1. The summed E-state index contributed by atoms with van der Waals surface area (Å²) in [6, 6.07) is 53.3. The van der Waals surface area contributed by atoms with Crippen LogP contribution >= 0.6 is 50.7 Å². The standard InChI is InChI=1S/C19H15N3O2.C19H16N2O3.C18H13N3O2.CH2O3.4CH4.Cl3OP.ClH2NO.2Na.H/c1-13-17(12-20)18(14-6-4-3-5-7-14)21-22(13)16-10-8-15(9-11-16)19(23)24-2;1-13-17(12-22)18(14-6-4-3-5-7-14)20-21(13)16-10-8-15(9-11-16)19(23)24-2;1-12-16(11-19)17(13-5-3-2-4-6-13)20-21(12)15-9-7-14(8-10-15)18(22)23;2-1-4-3;;;;;1-5(2,3)4;1-2-3;;;/h3-11H,1-2H3;3-12H,1-2H3;2-10H,1H3,(H,22,23);1,3H;4*1H4;;2-3H;;;/q;;;;;;;;;;2*+1;-1/p-1. The first-order valence-corrected chi connectivity index (χ1v) is 28.4. The molecule has 0 amide bonds. The number of esters is 2. The van der Waals surface area contributed by atoms with E-state index in [-0.39, 0.29) is 108 Å². The van der Waals surface area contributed by atoms with Crippen LogP contribution in [-0.2, 0) is 23.7 Å². The molecular weight excluding hydrogens is 1270 g/mol. The number of halogens is 4. The van der Waals surface area contributed by atoms with Gasteiger partial charge in [0.15, 0.2) is 6.29 Å². The van der Waals surface area contributed by atoms with E-state index in [0.29, 0.717) is 50.6 Å². The van der Waals surface area contributed by atoms with E-state index in [1.165, 1.54) is 31.4 Å². The molecule has 3 aromatic heterocycles. The van der Waals surface area contributed by atoms with Crippen molar-refractivity contribution >= 4 is 81.4 Å². The van der Waals surface area contributed by atoms with Crippen LogP contribution in [0, 0.1) is 43.4 Å². The van der Waals surface area contributed by atoms with E-state index in [1.54, 1.807) is 74.7 Å². The Kier molecular flexibility index (Phi) is 41.9. The Morgan fingerprint density at radius 2 is 0.820 bits per heavy atom. The topological polar surface area (TPSA) is 307 Å². The third-order valence-electron chi connectivity index (χ3n) is 11.3. The van der Waals surface area contributed by atoms with Crippen molar-refractivity contribution in [1.29, 1.82) is 10.5 Å². The summed E-state index contributed by atoms with van der Waals surface area (Å²) in [6.07, 6.45) is 0.823. The zero-order valence-electron chi connectivity index (χ0n) is 47.3. The van der Waals surface area contributed by atoms with E-state index in [4.69, 9.17) is 29.8 Å². The van der Waals surface area contributed by atoms with Crippen molar-refractivity contribution in [1.82, 2.24) is 34.3 Å². The summed E-state index contributed by atoms with van der Waals surface area (Å²) in [5, 5.41) is 53.9. The van der Waals surface area contributed by atoms with Crippen LogP contribution < -0.4 is 69.4 Å². The van der Waals surface area contributed by atoms with Gasteiger partial charge in [0.25, 0.3) is 6.47 Å². The number of methoxy groups -OCH3 is 2. The van der Waals surface area contributed by atoms with Gasteiger partial charge < -0.3 is 31.4 Å². The number of benzene rings is 6. The molecule has 3 heterocycles. The molecule has 21 nitrogen and oxygen atoms in total. The molecule has 28 heteroatoms. The molecule has 0 saturated heterocycles. The number of nitriles is 2. The van der Waals surface area contributed by atoms with Crippen molar-refractivity contribution in [3.05, 3.63) is 214 Å². The molecular formula is C61H64Cl4N9Na2O12P. The number of nitrogens with zero attached hydrogens (tertiary/aromatic N) is 8. The van der Waals surface area contributed by atoms with Crippen molar-refractivity contribution in [3.8, 4) is 63.0 Å². The van der Waals surface area contributed by atoms with Crippen LogP contribution in [0.4, 0.5) is 0 Å². The number of carboxylic acids is 1. The summed E-state index contributed by atoms with van der Waals surface area (Å²) in [6.45, 7) is 5.34. The number of ether oxygens (including phenoxy) is 2. The molecule has 9 rings (SSSR count). The molecule has 6 aromatic carbocycles. The third kappa shape index (κ3) is 24.9. The molecule has 0 unspecified atom stereocenters. The average Bonchev–Trinajstić information content (AvgIpc) is 4.34. The molecule has 0 aliphatic carbocycles. The van der Waals surface area contributed by atoms with Crippen molar-refractivity contribution < 1.29 is 119 Å². The van der Waals surface area contributed by atoms with E-state index in [9.17, 15) is 34.3 Å². The molecule has 0 aliphatic rings. The summed E-state index contributed by atoms with van der Waals surface area (Å²) in [5.74, 6) is -1.75. The first kappa shape index (κ1) is 86.0. The maximum atomic E-state index is 11.5. The Morgan fingerprint density at radius 1 is 0.562 bits per heavy atom. The summed E-state index contributed by atoms with van der Waals surface area (Å²) in [4.78, 5) is 58.0. The van der Waals surface area contributed by atoms with E-state index < -0.39 is 17.1 Å². The van der Waals surface area contributed by atoms with E-state index in [0.717, 1.165) is 51.4 Å². The molecule has 0 radical (unpaired) electrons. The molecule has 0 bridgehead atoms. The maximum absolute atomic E-state index is 11.5. The van der Waals surface area contributed by atoms with Gasteiger partial charge in [0.2, 0.25) is 0 Å². The normalized spacial score (nSPS) is 9.31. The Bertz CT molecular complexity index is 3770. The Labute approximate surface area is 582 Å². The molecule has 460 valence electrons. The van der Waals surface area contributed by atoms with Gasteiger partial charge in [0.05, 0.1) is 70.6 Å². The Hall–Kier alpha value is -7.25. The van der Waals surface area contributed by atoms with Crippen molar-refractivity contribution in [2.24, 2.45) is 0 Å². The predicted molar refractivity (Wildman–Crippen MR) is 337 cm³/mol. The van der Waals surface area contributed by atoms with Crippen molar-refractivity contribution in [2.45, 2.75) is 50.5 Å². The number of aromatic carboxylic acids is 1. The van der Waals surface area contributed by atoms with E-state index in [2.05, 4.69) is 77.8 Å². The minimum Gasteiger partial charge on any atom is -1.00 e. The number of hydrogen-bond donors (Lipinski definition) is 3. The largest absolute Gasteiger partial charge is 1.00 e. The maximum Gasteiger partial charge on any atom is 1.00 e. The molecule has 0 aliphatic heterocycles. The van der Waals surface area contributed by atoms with Crippen LogP contribution in [0.5, 0.6) is 0 Å². The van der Waals surface area contributed by atoms with Crippen LogP contribution in [0.3, 0.4) is 0 Å². The summed E-state index contributed by atoms with van der Waals surface area (Å²) >= 11 is 18.2. The van der Waals surface area contributed by atoms with Crippen LogP contribution in [0.1, 0.15) is 101 Å². The zero-order valence-corrected chi connectivity index (χ0v) is 54.2. The van der Waals surface area contributed by atoms with Gasteiger partial charge in [-0.2, -0.15) is 25.8 Å². The van der Waals surface area contributed by atoms with Gasteiger partial charge in [-0.05, 0) is 127 Å². The monoisotopic (exact) mass is 1330 g/mol. The first-order valence-electron chi connectivity index (χ1n) is 23.6. The number of carbonyl (C=O) groups is 5. The fraction of sp³-hybridized carbons (Fsp3) is 0.148. The van der Waals surface area contributed by atoms with Gasteiger partial charge in [-0.25, -0.2) is 28.4 Å². The van der Waals surface area contributed by atoms with Gasteiger partial charge in [0.1, 0.15) is 40.3 Å². The number of carbonyl (C=O) groups excluding carboxylic acids is 4. The van der Waals surface area contributed by atoms with Crippen molar-refractivity contribution in [2.75, 3.05) is 14.2 Å². The van der Waals surface area contributed by atoms with E-state index in [1.807, 2.05) is 112 Å². The minimum atomic E-state index is -3.22. The number of hydrogen-bond acceptors (Lipinski definition) is 17. The fourth-order valence-electron chi connectivity index (χ4n) is 7.55. The summed E-state index contributed by atoms with van der Waals surface area (Å²) in [5.41, 5.74) is 11.8. The number of carboxylic acid groups (broad SMARTS) is 1. The number of rotatable bonds is 11. The summed E-state index contributed by atoms with van der Waals surface area (Å²) in [7, 11) is 2.69. The second kappa shape index (κ2) is 43.4. The fourth-order valence-corrected chi connectivity index (χ4v) is 7.55. The third-order valence-corrected chi connectivity index (χ3v) is 11.3. The molecule has 0 fully saturated rings. The number of aldehydes is 1. The first-order chi connectivity index (χ1) is 39.7. The molecule has 89 heavy (non-hydrogen) atoms. The second-order valence-electron chi connectivity index (χ2n) is 16.2. The van der Waals surface area contributed by atoms with Gasteiger partial charge in [0, 0.05) is 28.5 Å². The predicted octanol–water partition coefficient (Wildman–Crippen LogP) is 8.40. The molecule has 0 spiro atoms. The van der Waals surface area contributed by atoms with Crippen LogP contribution in [0.15, 0.2) is 164 Å². The van der Waals surface area contributed by atoms with Gasteiger partial charge in [-0.3, -0.25) is 14.2 Å². The van der Waals surface area contributed by atoms with Crippen LogP contribution in [0.2, 0.25) is 0 Å². The van der Waals surface area contributed by atoms with Gasteiger partial charge in [-0.15, -0.1) is 5.00 Å².